The number of hydrogen-bond acceptors (Lipinski definition) is 6. The third-order valence-corrected chi connectivity index (χ3v) is 5.49. The molecule has 0 radical (unpaired) electrons. The molecule has 28 heavy (non-hydrogen) atoms. The number of imide groups is 1. The predicted octanol–water partition coefficient (Wildman–Crippen LogP) is 2.84. The highest BCUT2D eigenvalue weighted by Gasteiger charge is 2.39. The Labute approximate surface area is 165 Å². The number of hydrogen-bond donors (Lipinski definition) is 1. The molecule has 2 amide bonds. The maximum absolute atomic E-state index is 12.8. The van der Waals surface area contributed by atoms with Gasteiger partial charge in [-0.15, -0.1) is 0 Å². The fourth-order valence-corrected chi connectivity index (χ4v) is 4.05. The molecule has 140 valence electrons. The summed E-state index contributed by atoms with van der Waals surface area (Å²) >= 11 is 0.913. The molecule has 0 spiro atoms. The molecule has 3 aromatic carbocycles. The van der Waals surface area contributed by atoms with Crippen molar-refractivity contribution in [3.05, 3.63) is 77.9 Å². The van der Waals surface area contributed by atoms with Crippen molar-refractivity contribution in [2.24, 2.45) is 0 Å². The highest BCUT2D eigenvalue weighted by atomic mass is 32.2. The summed E-state index contributed by atoms with van der Waals surface area (Å²) in [7, 11) is 0. The lowest BCUT2D eigenvalue weighted by Crippen LogP contribution is -2.34. The minimum Gasteiger partial charge on any atom is -0.545 e. The standard InChI is InChI=1S/C21H16N2O4S/c24-19-18(22-17-10-4-7-14-6-1-2-9-16(14)17)28-21(27)23(19)12-13-5-3-8-15(11-13)20(25)26/h1-11,18,22H,12H2,(H,25,26)/p-1. The molecule has 1 N–H and O–H groups in total. The van der Waals surface area contributed by atoms with Gasteiger partial charge in [0, 0.05) is 11.1 Å². The number of nitrogens with one attached hydrogen (secondary N) is 1. The number of rotatable bonds is 5. The maximum atomic E-state index is 12.8. The Morgan fingerprint density at radius 1 is 1.04 bits per heavy atom. The lowest BCUT2D eigenvalue weighted by Gasteiger charge is -2.16. The number of anilines is 1. The van der Waals surface area contributed by atoms with Crippen LogP contribution in [0.2, 0.25) is 0 Å². The predicted molar refractivity (Wildman–Crippen MR) is 106 cm³/mol. The van der Waals surface area contributed by atoms with Crippen molar-refractivity contribution < 1.29 is 19.5 Å². The number of fused-ring (bicyclic) bond motifs is 1. The van der Waals surface area contributed by atoms with E-state index in [4.69, 9.17) is 0 Å². The molecule has 1 atom stereocenters. The van der Waals surface area contributed by atoms with Crippen molar-refractivity contribution in [3.63, 3.8) is 0 Å². The van der Waals surface area contributed by atoms with Crippen molar-refractivity contribution >= 4 is 45.3 Å². The Morgan fingerprint density at radius 3 is 2.61 bits per heavy atom. The van der Waals surface area contributed by atoms with Crippen molar-refractivity contribution in [1.29, 1.82) is 0 Å². The lowest BCUT2D eigenvalue weighted by molar-refractivity contribution is -0.255. The average Bonchev–Trinajstić information content (AvgIpc) is 2.96. The highest BCUT2D eigenvalue weighted by molar-refractivity contribution is 8.15. The molecule has 0 bridgehead atoms. The molecule has 3 aromatic rings. The van der Waals surface area contributed by atoms with Crippen LogP contribution in [0, 0.1) is 0 Å². The van der Waals surface area contributed by atoms with E-state index in [2.05, 4.69) is 5.32 Å². The van der Waals surface area contributed by atoms with Crippen LogP contribution < -0.4 is 10.4 Å². The Balaban J connectivity index is 1.54. The lowest BCUT2D eigenvalue weighted by atomic mass is 10.1. The van der Waals surface area contributed by atoms with E-state index >= 15 is 0 Å². The van der Waals surface area contributed by atoms with Crippen LogP contribution in [-0.4, -0.2) is 27.4 Å². The topological polar surface area (TPSA) is 89.5 Å². The zero-order valence-corrected chi connectivity index (χ0v) is 15.4. The first-order valence-electron chi connectivity index (χ1n) is 8.59. The normalized spacial score (nSPS) is 16.6. The summed E-state index contributed by atoms with van der Waals surface area (Å²) in [4.78, 5) is 37.3. The third kappa shape index (κ3) is 3.44. The van der Waals surface area contributed by atoms with E-state index in [0.29, 0.717) is 5.56 Å². The summed E-state index contributed by atoms with van der Waals surface area (Å²) in [6, 6.07) is 19.6. The Bertz CT molecular complexity index is 1090. The summed E-state index contributed by atoms with van der Waals surface area (Å²) in [5.74, 6) is -1.66. The van der Waals surface area contributed by atoms with Gasteiger partial charge in [-0.05, 0) is 40.4 Å². The van der Waals surface area contributed by atoms with Gasteiger partial charge < -0.3 is 15.2 Å². The van der Waals surface area contributed by atoms with Crippen LogP contribution in [-0.2, 0) is 11.3 Å². The largest absolute Gasteiger partial charge is 0.545 e. The number of carbonyl (C=O) groups is 3. The number of nitrogens with zero attached hydrogens (tertiary/aromatic N) is 1. The number of carboxylic acid groups (broad SMARTS) is 1. The molecule has 1 heterocycles. The number of thioether (sulfide) groups is 1. The molecular weight excluding hydrogens is 376 g/mol. The van der Waals surface area contributed by atoms with Crippen molar-refractivity contribution in [1.82, 2.24) is 4.90 Å². The van der Waals surface area contributed by atoms with Crippen LogP contribution in [0.3, 0.4) is 0 Å². The Kier molecular flexibility index (Phi) is 4.75. The van der Waals surface area contributed by atoms with Gasteiger partial charge >= 0.3 is 0 Å². The molecule has 1 saturated heterocycles. The minimum absolute atomic E-state index is 0.00896. The van der Waals surface area contributed by atoms with Crippen LogP contribution in [0.5, 0.6) is 0 Å². The monoisotopic (exact) mass is 391 g/mol. The molecule has 0 aliphatic carbocycles. The van der Waals surface area contributed by atoms with Gasteiger partial charge in [0.2, 0.25) is 0 Å². The highest BCUT2D eigenvalue weighted by Crippen LogP contribution is 2.32. The molecule has 1 aliphatic rings. The molecule has 1 aliphatic heterocycles. The van der Waals surface area contributed by atoms with Gasteiger partial charge in [0.05, 0.1) is 12.5 Å². The first-order valence-corrected chi connectivity index (χ1v) is 9.47. The van der Waals surface area contributed by atoms with Gasteiger partial charge in [-0.3, -0.25) is 14.5 Å². The van der Waals surface area contributed by atoms with Gasteiger partial charge in [-0.2, -0.15) is 0 Å². The van der Waals surface area contributed by atoms with E-state index in [0.717, 1.165) is 33.1 Å². The summed E-state index contributed by atoms with van der Waals surface area (Å²) in [6.07, 6.45) is 0. The minimum atomic E-state index is -1.30. The van der Waals surface area contributed by atoms with E-state index in [9.17, 15) is 19.5 Å². The van der Waals surface area contributed by atoms with E-state index in [1.165, 1.54) is 12.1 Å². The second kappa shape index (κ2) is 7.36. The zero-order chi connectivity index (χ0) is 19.7. The second-order valence-corrected chi connectivity index (χ2v) is 7.40. The fourth-order valence-electron chi connectivity index (χ4n) is 3.15. The van der Waals surface area contributed by atoms with Gasteiger partial charge in [0.15, 0.2) is 5.37 Å². The van der Waals surface area contributed by atoms with E-state index in [1.807, 2.05) is 42.5 Å². The van der Waals surface area contributed by atoms with Crippen LogP contribution in [0.25, 0.3) is 10.8 Å². The number of amides is 2. The second-order valence-electron chi connectivity index (χ2n) is 6.35. The molecule has 1 fully saturated rings. The molecule has 1 unspecified atom stereocenters. The van der Waals surface area contributed by atoms with Gasteiger partial charge in [0.1, 0.15) is 0 Å². The van der Waals surface area contributed by atoms with E-state index in [-0.39, 0.29) is 23.3 Å². The first kappa shape index (κ1) is 18.1. The molecule has 6 nitrogen and oxygen atoms in total. The van der Waals surface area contributed by atoms with Gasteiger partial charge in [0.25, 0.3) is 11.1 Å². The van der Waals surface area contributed by atoms with Crippen molar-refractivity contribution in [2.75, 3.05) is 5.32 Å². The van der Waals surface area contributed by atoms with Crippen LogP contribution in [0.15, 0.2) is 66.7 Å². The molecule has 0 saturated carbocycles. The van der Waals surface area contributed by atoms with Crippen LogP contribution in [0.4, 0.5) is 10.5 Å². The molecule has 7 heteroatoms. The number of aromatic carboxylic acids is 1. The first-order chi connectivity index (χ1) is 13.5. The zero-order valence-electron chi connectivity index (χ0n) is 14.6. The van der Waals surface area contributed by atoms with Crippen LogP contribution >= 0.6 is 11.8 Å². The number of carbonyl (C=O) groups excluding carboxylic acids is 3. The van der Waals surface area contributed by atoms with E-state index < -0.39 is 11.3 Å². The fraction of sp³-hybridized carbons (Fsp3) is 0.0952. The Hall–Kier alpha value is -3.32. The number of carboxylic acids is 1. The molecule has 4 rings (SSSR count). The van der Waals surface area contributed by atoms with Crippen LogP contribution in [0.1, 0.15) is 15.9 Å². The molecule has 0 aromatic heterocycles. The van der Waals surface area contributed by atoms with E-state index in [1.54, 1.807) is 12.1 Å². The molecular formula is C21H15N2O4S-. The third-order valence-electron chi connectivity index (χ3n) is 4.51. The summed E-state index contributed by atoms with van der Waals surface area (Å²) in [5.41, 5.74) is 1.34. The summed E-state index contributed by atoms with van der Waals surface area (Å²) in [5, 5.41) is 15.1. The number of benzene rings is 3. The summed E-state index contributed by atoms with van der Waals surface area (Å²) in [6.45, 7) is 0.0134. The quantitative estimate of drug-likeness (QED) is 0.719. The van der Waals surface area contributed by atoms with Crippen molar-refractivity contribution in [3.8, 4) is 0 Å². The SMILES string of the molecule is O=C([O-])c1cccc(CN2C(=O)SC(Nc3cccc4ccccc34)C2=O)c1. The van der Waals surface area contributed by atoms with Crippen molar-refractivity contribution in [2.45, 2.75) is 11.9 Å². The maximum Gasteiger partial charge on any atom is 0.291 e. The van der Waals surface area contributed by atoms with Gasteiger partial charge in [-0.25, -0.2) is 0 Å². The summed E-state index contributed by atoms with van der Waals surface area (Å²) < 4.78 is 0. The average molecular weight is 391 g/mol. The Morgan fingerprint density at radius 2 is 1.79 bits per heavy atom. The smallest absolute Gasteiger partial charge is 0.291 e. The van der Waals surface area contributed by atoms with Gasteiger partial charge in [-0.1, -0.05) is 54.6 Å².